The van der Waals surface area contributed by atoms with Crippen LogP contribution < -0.4 is 0 Å². The summed E-state index contributed by atoms with van der Waals surface area (Å²) in [5, 5.41) is 11.0. The average molecular weight is 432 g/mol. The van der Waals surface area contributed by atoms with Gasteiger partial charge in [-0.3, -0.25) is 9.20 Å². The van der Waals surface area contributed by atoms with Gasteiger partial charge in [0.1, 0.15) is 10.7 Å². The first-order valence-corrected chi connectivity index (χ1v) is 12.1. The van der Waals surface area contributed by atoms with Gasteiger partial charge in [-0.15, -0.1) is 21.5 Å². The molecule has 1 amide bonds. The number of hydrogen-bond acceptors (Lipinski definition) is 7. The SMILES string of the molecule is CCc1nc2sc3c(c2c2nnc(SCC(=O)N4CCOCC4)n12)CC[C@H](C)C3. The molecule has 1 aliphatic carbocycles. The maximum Gasteiger partial charge on any atom is 0.233 e. The summed E-state index contributed by atoms with van der Waals surface area (Å²) < 4.78 is 7.41. The summed E-state index contributed by atoms with van der Waals surface area (Å²) in [6, 6.07) is 0. The Balaban J connectivity index is 1.50. The van der Waals surface area contributed by atoms with Crippen molar-refractivity contribution in [3.63, 3.8) is 0 Å². The van der Waals surface area contributed by atoms with Crippen molar-refractivity contribution in [1.82, 2.24) is 24.5 Å². The predicted octanol–water partition coefficient (Wildman–Crippen LogP) is 2.98. The summed E-state index contributed by atoms with van der Waals surface area (Å²) in [6.07, 6.45) is 4.23. The Morgan fingerprint density at radius 3 is 2.93 bits per heavy atom. The molecule has 2 aliphatic rings. The van der Waals surface area contributed by atoms with Gasteiger partial charge < -0.3 is 9.64 Å². The van der Waals surface area contributed by atoms with E-state index in [1.807, 2.05) is 16.2 Å². The number of thioether (sulfide) groups is 1. The molecule has 0 bridgehead atoms. The van der Waals surface area contributed by atoms with Crippen molar-refractivity contribution >= 4 is 44.9 Å². The van der Waals surface area contributed by atoms with Crippen LogP contribution in [-0.4, -0.2) is 62.4 Å². The minimum atomic E-state index is 0.129. The van der Waals surface area contributed by atoms with Crippen LogP contribution in [0, 0.1) is 5.92 Å². The Bertz CT molecular complexity index is 1070. The van der Waals surface area contributed by atoms with Gasteiger partial charge in [-0.2, -0.15) is 0 Å². The lowest BCUT2D eigenvalue weighted by Crippen LogP contribution is -2.41. The number of amides is 1. The topological polar surface area (TPSA) is 72.6 Å². The summed E-state index contributed by atoms with van der Waals surface area (Å²) in [5.41, 5.74) is 2.32. The molecule has 5 rings (SSSR count). The molecule has 3 aromatic heterocycles. The Kier molecular flexibility index (Phi) is 5.21. The van der Waals surface area contributed by atoms with E-state index in [1.54, 1.807) is 0 Å². The molecule has 1 aliphatic heterocycles. The maximum absolute atomic E-state index is 12.6. The van der Waals surface area contributed by atoms with Gasteiger partial charge in [-0.05, 0) is 30.7 Å². The van der Waals surface area contributed by atoms with Gasteiger partial charge in [0.25, 0.3) is 0 Å². The van der Waals surface area contributed by atoms with Crippen LogP contribution in [0.2, 0.25) is 0 Å². The number of morpholine rings is 1. The van der Waals surface area contributed by atoms with Gasteiger partial charge in [-0.25, -0.2) is 4.98 Å². The van der Waals surface area contributed by atoms with Gasteiger partial charge >= 0.3 is 0 Å². The van der Waals surface area contributed by atoms with Crippen molar-refractivity contribution in [2.45, 2.75) is 44.7 Å². The third-order valence-electron chi connectivity index (χ3n) is 5.84. The Morgan fingerprint density at radius 2 is 2.14 bits per heavy atom. The van der Waals surface area contributed by atoms with E-state index in [9.17, 15) is 4.79 Å². The van der Waals surface area contributed by atoms with Gasteiger partial charge in [-0.1, -0.05) is 25.6 Å². The molecule has 29 heavy (non-hydrogen) atoms. The van der Waals surface area contributed by atoms with E-state index in [0.717, 1.165) is 46.6 Å². The van der Waals surface area contributed by atoms with Crippen LogP contribution in [0.5, 0.6) is 0 Å². The highest BCUT2D eigenvalue weighted by atomic mass is 32.2. The fraction of sp³-hybridized carbons (Fsp3) is 0.600. The highest BCUT2D eigenvalue weighted by Gasteiger charge is 2.26. The normalized spacial score (nSPS) is 19.8. The number of aryl methyl sites for hydroxylation is 2. The van der Waals surface area contributed by atoms with Crippen LogP contribution in [0.4, 0.5) is 0 Å². The highest BCUT2D eigenvalue weighted by molar-refractivity contribution is 7.99. The number of carbonyl (C=O) groups excluding carboxylic acids is 1. The minimum Gasteiger partial charge on any atom is -0.378 e. The molecule has 9 heteroatoms. The number of rotatable bonds is 4. The molecule has 0 aromatic carbocycles. The van der Waals surface area contributed by atoms with Crippen molar-refractivity contribution in [2.75, 3.05) is 32.1 Å². The molecule has 0 N–H and O–H groups in total. The van der Waals surface area contributed by atoms with E-state index in [2.05, 4.69) is 28.4 Å². The third-order valence-corrected chi connectivity index (χ3v) is 7.91. The largest absolute Gasteiger partial charge is 0.378 e. The number of fused-ring (bicyclic) bond motifs is 5. The Hall–Kier alpha value is -1.71. The molecule has 0 saturated carbocycles. The Labute approximate surface area is 177 Å². The lowest BCUT2D eigenvalue weighted by molar-refractivity contribution is -0.132. The van der Waals surface area contributed by atoms with Crippen LogP contribution in [0.3, 0.4) is 0 Å². The van der Waals surface area contributed by atoms with Gasteiger partial charge in [0.05, 0.1) is 24.4 Å². The zero-order valence-corrected chi connectivity index (χ0v) is 18.4. The molecule has 154 valence electrons. The zero-order chi connectivity index (χ0) is 20.0. The van der Waals surface area contributed by atoms with Crippen LogP contribution in [0.1, 0.15) is 36.5 Å². The molecular weight excluding hydrogens is 406 g/mol. The number of thiophene rings is 1. The number of aromatic nitrogens is 4. The van der Waals surface area contributed by atoms with Gasteiger partial charge in [0.2, 0.25) is 5.91 Å². The molecule has 0 radical (unpaired) electrons. The lowest BCUT2D eigenvalue weighted by Gasteiger charge is -2.26. The van der Waals surface area contributed by atoms with E-state index in [1.165, 1.54) is 34.0 Å². The maximum atomic E-state index is 12.6. The van der Waals surface area contributed by atoms with Crippen molar-refractivity contribution < 1.29 is 9.53 Å². The van der Waals surface area contributed by atoms with Gasteiger partial charge in [0.15, 0.2) is 10.8 Å². The second-order valence-corrected chi connectivity index (χ2v) is 9.86. The summed E-state index contributed by atoms with van der Waals surface area (Å²) >= 11 is 3.28. The molecule has 1 atom stereocenters. The second kappa shape index (κ2) is 7.85. The van der Waals surface area contributed by atoms with Crippen molar-refractivity contribution in [3.8, 4) is 0 Å². The van der Waals surface area contributed by atoms with E-state index in [-0.39, 0.29) is 5.91 Å². The lowest BCUT2D eigenvalue weighted by atomic mass is 9.89. The molecule has 0 spiro atoms. The smallest absolute Gasteiger partial charge is 0.233 e. The minimum absolute atomic E-state index is 0.129. The van der Waals surface area contributed by atoms with Crippen LogP contribution in [-0.2, 0) is 28.8 Å². The molecule has 3 aromatic rings. The van der Waals surface area contributed by atoms with Crippen LogP contribution in [0.25, 0.3) is 15.9 Å². The standard InChI is InChI=1S/C20H25N5O2S2/c1-3-15-21-19-17(13-5-4-12(2)10-14(13)29-19)18-22-23-20(25(15)18)28-11-16(26)24-6-8-27-9-7-24/h12H,3-11H2,1-2H3/t12-/m0/s1. The zero-order valence-electron chi connectivity index (χ0n) is 16.8. The number of ether oxygens (including phenoxy) is 1. The van der Waals surface area contributed by atoms with Crippen molar-refractivity contribution in [2.24, 2.45) is 5.92 Å². The van der Waals surface area contributed by atoms with E-state index in [4.69, 9.17) is 9.72 Å². The fourth-order valence-electron chi connectivity index (χ4n) is 4.24. The van der Waals surface area contributed by atoms with Crippen LogP contribution >= 0.6 is 23.1 Å². The summed E-state index contributed by atoms with van der Waals surface area (Å²) in [5.74, 6) is 2.18. The number of carbonyl (C=O) groups is 1. The molecule has 0 unspecified atom stereocenters. The molecule has 1 saturated heterocycles. The summed E-state index contributed by atoms with van der Waals surface area (Å²) in [6.45, 7) is 7.01. The molecular formula is C20H25N5O2S2. The van der Waals surface area contributed by atoms with Crippen LogP contribution in [0.15, 0.2) is 5.16 Å². The van der Waals surface area contributed by atoms with E-state index >= 15 is 0 Å². The number of hydrogen-bond donors (Lipinski definition) is 0. The monoisotopic (exact) mass is 431 g/mol. The van der Waals surface area contributed by atoms with E-state index < -0.39 is 0 Å². The second-order valence-electron chi connectivity index (χ2n) is 7.84. The Morgan fingerprint density at radius 1 is 1.31 bits per heavy atom. The average Bonchev–Trinajstić information content (AvgIpc) is 3.32. The fourth-order valence-corrected chi connectivity index (χ4v) is 6.49. The third kappa shape index (κ3) is 3.43. The van der Waals surface area contributed by atoms with Gasteiger partial charge in [0, 0.05) is 24.4 Å². The summed E-state index contributed by atoms with van der Waals surface area (Å²) in [4.78, 5) is 21.9. The van der Waals surface area contributed by atoms with Crippen molar-refractivity contribution in [3.05, 3.63) is 16.3 Å². The first kappa shape index (κ1) is 19.3. The first-order chi connectivity index (χ1) is 14.2. The van der Waals surface area contributed by atoms with E-state index in [0.29, 0.717) is 32.1 Å². The quantitative estimate of drug-likeness (QED) is 0.592. The van der Waals surface area contributed by atoms with Crippen molar-refractivity contribution in [1.29, 1.82) is 0 Å². The molecule has 4 heterocycles. The first-order valence-electron chi connectivity index (χ1n) is 10.3. The summed E-state index contributed by atoms with van der Waals surface area (Å²) in [7, 11) is 0. The molecule has 1 fully saturated rings. The predicted molar refractivity (Wildman–Crippen MR) is 115 cm³/mol. The highest BCUT2D eigenvalue weighted by Crippen LogP contribution is 2.39. The molecule has 7 nitrogen and oxygen atoms in total. The number of nitrogens with zero attached hydrogens (tertiary/aromatic N) is 5.